The van der Waals surface area contributed by atoms with Crippen LogP contribution in [-0.4, -0.2) is 39.6 Å². The molecule has 0 unspecified atom stereocenters. The molecule has 1 aromatic heterocycles. The Kier molecular flexibility index (Phi) is 4.27. The van der Waals surface area contributed by atoms with E-state index in [1.165, 1.54) is 12.8 Å². The summed E-state index contributed by atoms with van der Waals surface area (Å²) in [6.45, 7) is 1.02. The molecule has 5 heteroatoms. The highest BCUT2D eigenvalue weighted by Gasteiger charge is 2.33. The molecule has 0 N–H and O–H groups in total. The SMILES string of the molecule is Cn1c([C@@H]2CCCN2C(=O)COC2CCCC2)nc2ccccc21. The lowest BCUT2D eigenvalue weighted by molar-refractivity contribution is -0.139. The summed E-state index contributed by atoms with van der Waals surface area (Å²) in [7, 11) is 2.04. The second-order valence-corrected chi connectivity index (χ2v) is 6.98. The van der Waals surface area contributed by atoms with E-state index in [2.05, 4.69) is 10.6 Å². The fourth-order valence-electron chi connectivity index (χ4n) is 4.12. The second kappa shape index (κ2) is 6.55. The molecule has 1 aromatic carbocycles. The fraction of sp³-hybridized carbons (Fsp3) is 0.579. The summed E-state index contributed by atoms with van der Waals surface area (Å²) in [5, 5.41) is 0. The zero-order valence-corrected chi connectivity index (χ0v) is 14.3. The number of fused-ring (bicyclic) bond motifs is 1. The molecule has 2 aromatic rings. The van der Waals surface area contributed by atoms with E-state index in [-0.39, 0.29) is 24.7 Å². The molecule has 5 nitrogen and oxygen atoms in total. The molecule has 2 heterocycles. The minimum atomic E-state index is 0.0714. The van der Waals surface area contributed by atoms with Gasteiger partial charge in [-0.25, -0.2) is 4.98 Å². The summed E-state index contributed by atoms with van der Waals surface area (Å²) in [5.41, 5.74) is 2.12. The Morgan fingerprint density at radius 1 is 1.21 bits per heavy atom. The first-order chi connectivity index (χ1) is 11.7. The number of nitrogens with zero attached hydrogens (tertiary/aromatic N) is 3. The van der Waals surface area contributed by atoms with E-state index in [1.807, 2.05) is 30.1 Å². The van der Waals surface area contributed by atoms with Gasteiger partial charge in [0.1, 0.15) is 12.4 Å². The Balaban J connectivity index is 1.51. The van der Waals surface area contributed by atoms with Crippen molar-refractivity contribution < 1.29 is 9.53 Å². The van der Waals surface area contributed by atoms with Gasteiger partial charge in [0.25, 0.3) is 0 Å². The highest BCUT2D eigenvalue weighted by atomic mass is 16.5. The lowest BCUT2D eigenvalue weighted by Crippen LogP contribution is -2.35. The van der Waals surface area contributed by atoms with Crippen LogP contribution in [0, 0.1) is 0 Å². The smallest absolute Gasteiger partial charge is 0.249 e. The Morgan fingerprint density at radius 2 is 2.00 bits per heavy atom. The van der Waals surface area contributed by atoms with Gasteiger partial charge in [0, 0.05) is 13.6 Å². The summed E-state index contributed by atoms with van der Waals surface area (Å²) in [4.78, 5) is 19.4. The fourth-order valence-corrected chi connectivity index (χ4v) is 4.12. The Hall–Kier alpha value is -1.88. The van der Waals surface area contributed by atoms with E-state index in [0.29, 0.717) is 0 Å². The van der Waals surface area contributed by atoms with Crippen LogP contribution in [0.2, 0.25) is 0 Å². The standard InChI is InChI=1S/C19H25N3O2/c1-21-16-10-5-4-9-15(16)20-19(21)17-11-6-12-22(17)18(23)13-24-14-7-2-3-8-14/h4-5,9-10,14,17H,2-3,6-8,11-13H2,1H3/t17-/m0/s1. The number of aryl methyl sites for hydroxylation is 1. The van der Waals surface area contributed by atoms with Gasteiger partial charge in [-0.2, -0.15) is 0 Å². The number of carbonyl (C=O) groups is 1. The molecule has 1 atom stereocenters. The first-order valence-corrected chi connectivity index (χ1v) is 9.06. The number of carbonyl (C=O) groups excluding carboxylic acids is 1. The van der Waals surface area contributed by atoms with Gasteiger partial charge >= 0.3 is 0 Å². The predicted octanol–water partition coefficient (Wildman–Crippen LogP) is 3.20. The summed E-state index contributed by atoms with van der Waals surface area (Å²) >= 11 is 0. The second-order valence-electron chi connectivity index (χ2n) is 6.98. The minimum Gasteiger partial charge on any atom is -0.368 e. The number of imidazole rings is 1. The number of rotatable bonds is 4. The van der Waals surface area contributed by atoms with E-state index < -0.39 is 0 Å². The third-order valence-corrected chi connectivity index (χ3v) is 5.44. The van der Waals surface area contributed by atoms with Crippen LogP contribution in [0.25, 0.3) is 11.0 Å². The normalized spacial score (nSPS) is 21.9. The van der Waals surface area contributed by atoms with E-state index >= 15 is 0 Å². The van der Waals surface area contributed by atoms with Crippen molar-refractivity contribution in [3.8, 4) is 0 Å². The predicted molar refractivity (Wildman–Crippen MR) is 92.6 cm³/mol. The molecule has 128 valence electrons. The molecule has 0 spiro atoms. The number of benzene rings is 1. The van der Waals surface area contributed by atoms with E-state index in [4.69, 9.17) is 9.72 Å². The van der Waals surface area contributed by atoms with Crippen LogP contribution in [0.3, 0.4) is 0 Å². The molecule has 1 amide bonds. The molecule has 1 aliphatic heterocycles. The lowest BCUT2D eigenvalue weighted by Gasteiger charge is -2.25. The van der Waals surface area contributed by atoms with Crippen LogP contribution in [0.5, 0.6) is 0 Å². The van der Waals surface area contributed by atoms with E-state index in [1.54, 1.807) is 0 Å². The largest absolute Gasteiger partial charge is 0.368 e. The molecule has 2 fully saturated rings. The monoisotopic (exact) mass is 327 g/mol. The number of aromatic nitrogens is 2. The van der Waals surface area contributed by atoms with Crippen LogP contribution in [0.4, 0.5) is 0 Å². The van der Waals surface area contributed by atoms with Crippen molar-refractivity contribution in [2.45, 2.75) is 50.7 Å². The number of likely N-dealkylation sites (tertiary alicyclic amines) is 1. The molecular formula is C19H25N3O2. The average Bonchev–Trinajstić information content (AvgIpc) is 3.33. The third-order valence-electron chi connectivity index (χ3n) is 5.44. The molecule has 1 aliphatic carbocycles. The van der Waals surface area contributed by atoms with Crippen LogP contribution < -0.4 is 0 Å². The van der Waals surface area contributed by atoms with Crippen molar-refractivity contribution in [3.05, 3.63) is 30.1 Å². The van der Waals surface area contributed by atoms with Gasteiger partial charge in [0.05, 0.1) is 23.2 Å². The van der Waals surface area contributed by atoms with Crippen molar-refractivity contribution in [2.75, 3.05) is 13.2 Å². The molecule has 1 saturated carbocycles. The zero-order valence-electron chi connectivity index (χ0n) is 14.3. The summed E-state index contributed by atoms with van der Waals surface area (Å²) < 4.78 is 7.96. The quantitative estimate of drug-likeness (QED) is 0.866. The topological polar surface area (TPSA) is 47.4 Å². The highest BCUT2D eigenvalue weighted by Crippen LogP contribution is 2.33. The molecule has 2 aliphatic rings. The molecule has 0 radical (unpaired) electrons. The van der Waals surface area contributed by atoms with Gasteiger partial charge < -0.3 is 14.2 Å². The van der Waals surface area contributed by atoms with E-state index in [9.17, 15) is 4.79 Å². The Labute approximate surface area is 142 Å². The molecule has 4 rings (SSSR count). The van der Waals surface area contributed by atoms with Gasteiger partial charge in [-0.15, -0.1) is 0 Å². The maximum atomic E-state index is 12.7. The molecule has 24 heavy (non-hydrogen) atoms. The van der Waals surface area contributed by atoms with Crippen molar-refractivity contribution in [1.82, 2.24) is 14.5 Å². The van der Waals surface area contributed by atoms with Crippen molar-refractivity contribution in [1.29, 1.82) is 0 Å². The van der Waals surface area contributed by atoms with Gasteiger partial charge in [0.15, 0.2) is 0 Å². The van der Waals surface area contributed by atoms with E-state index in [0.717, 1.165) is 49.1 Å². The zero-order chi connectivity index (χ0) is 16.5. The maximum Gasteiger partial charge on any atom is 0.249 e. The van der Waals surface area contributed by atoms with Crippen LogP contribution in [-0.2, 0) is 16.6 Å². The maximum absolute atomic E-state index is 12.7. The molecular weight excluding hydrogens is 302 g/mol. The number of para-hydroxylation sites is 2. The Bertz CT molecular complexity index is 733. The number of amides is 1. The average molecular weight is 327 g/mol. The number of ether oxygens (including phenoxy) is 1. The third kappa shape index (κ3) is 2.81. The first kappa shape index (κ1) is 15.6. The van der Waals surface area contributed by atoms with Crippen molar-refractivity contribution >= 4 is 16.9 Å². The van der Waals surface area contributed by atoms with Crippen molar-refractivity contribution in [2.24, 2.45) is 7.05 Å². The van der Waals surface area contributed by atoms with Gasteiger partial charge in [0.2, 0.25) is 5.91 Å². The van der Waals surface area contributed by atoms with Gasteiger partial charge in [-0.1, -0.05) is 25.0 Å². The lowest BCUT2D eigenvalue weighted by atomic mass is 10.2. The first-order valence-electron chi connectivity index (χ1n) is 9.06. The Morgan fingerprint density at radius 3 is 2.79 bits per heavy atom. The summed E-state index contributed by atoms with van der Waals surface area (Å²) in [6, 6.07) is 8.22. The van der Waals surface area contributed by atoms with Crippen LogP contribution >= 0.6 is 0 Å². The molecule has 1 saturated heterocycles. The van der Waals surface area contributed by atoms with Crippen LogP contribution in [0.1, 0.15) is 50.4 Å². The molecule has 0 bridgehead atoms. The van der Waals surface area contributed by atoms with Crippen molar-refractivity contribution in [3.63, 3.8) is 0 Å². The number of hydrogen-bond donors (Lipinski definition) is 0. The summed E-state index contributed by atoms with van der Waals surface area (Å²) in [6.07, 6.45) is 6.94. The number of hydrogen-bond acceptors (Lipinski definition) is 3. The summed E-state index contributed by atoms with van der Waals surface area (Å²) in [5.74, 6) is 1.10. The van der Waals surface area contributed by atoms with Gasteiger partial charge in [-0.05, 0) is 37.8 Å². The highest BCUT2D eigenvalue weighted by molar-refractivity contribution is 5.79. The van der Waals surface area contributed by atoms with Gasteiger partial charge in [-0.3, -0.25) is 4.79 Å². The van der Waals surface area contributed by atoms with Crippen LogP contribution in [0.15, 0.2) is 24.3 Å². The minimum absolute atomic E-state index is 0.0714.